The van der Waals surface area contributed by atoms with Gasteiger partial charge in [-0.05, 0) is 126 Å². The van der Waals surface area contributed by atoms with Gasteiger partial charge < -0.3 is 134 Å². The second-order valence-electron chi connectivity index (χ2n) is 40.3. The number of nitrogens with zero attached hydrogens (tertiary/aromatic N) is 4. The predicted octanol–water partition coefficient (Wildman–Crippen LogP) is 3.78. The smallest absolute Gasteiger partial charge is 0.246 e. The first-order valence-corrected chi connectivity index (χ1v) is 52.6. The number of alkyl halides is 2. The quantitative estimate of drug-likeness (QED) is 0.0331. The number of carbonyl (C=O) groups excluding carboxylic acids is 10. The Kier molecular flexibility index (Phi) is 47.8. The van der Waals surface area contributed by atoms with Gasteiger partial charge in [0.2, 0.25) is 47.3 Å². The fraction of sp³-hybridized carbons (Fsp3) is 0.712. The Morgan fingerprint density at radius 3 is 1.84 bits per heavy atom. The van der Waals surface area contributed by atoms with Crippen molar-refractivity contribution in [1.29, 1.82) is 0 Å². The molecule has 13 N–H and O–H groups in total. The number of para-hydroxylation sites is 1. The largest absolute Gasteiger partial charge is 0.390 e. The maximum Gasteiger partial charge on any atom is 0.246 e. The highest BCUT2D eigenvalue weighted by Gasteiger charge is 2.80. The third-order valence-corrected chi connectivity index (χ3v) is 28.5. The monoisotopic (exact) mass is 2070 g/mol. The van der Waals surface area contributed by atoms with E-state index < -0.39 is 130 Å². The van der Waals surface area contributed by atoms with Gasteiger partial charge in [-0.25, -0.2) is 8.78 Å². The van der Waals surface area contributed by atoms with Crippen LogP contribution in [-0.2, 0) is 121 Å². The Hall–Kier alpha value is -9.20. The van der Waals surface area contributed by atoms with E-state index in [0.29, 0.717) is 156 Å². The number of unbranched alkanes of at least 4 members (excludes halogenated alkanes) is 1. The molecule has 9 aliphatic rings. The zero-order valence-corrected chi connectivity index (χ0v) is 87.6. The van der Waals surface area contributed by atoms with E-state index in [2.05, 4.69) is 85.6 Å². The molecule has 43 heteroatoms. The van der Waals surface area contributed by atoms with Gasteiger partial charge >= 0.3 is 0 Å². The molecule has 3 saturated carbocycles. The lowest BCUT2D eigenvalue weighted by molar-refractivity contribution is -0.869. The van der Waals surface area contributed by atoms with Crippen LogP contribution in [0.5, 0.6) is 0 Å². The molecule has 41 nitrogen and oxygen atoms in total. The lowest BCUT2D eigenvalue weighted by atomic mass is 9.44. The van der Waals surface area contributed by atoms with Gasteiger partial charge in [-0.1, -0.05) is 95.5 Å². The predicted molar refractivity (Wildman–Crippen MR) is 540 cm³/mol. The average molecular weight is 2080 g/mol. The fourth-order valence-corrected chi connectivity index (χ4v) is 20.7. The van der Waals surface area contributed by atoms with Gasteiger partial charge in [0, 0.05) is 73.2 Å². The van der Waals surface area contributed by atoms with E-state index in [-0.39, 0.29) is 153 Å². The Bertz CT molecular complexity index is 4730. The lowest BCUT2D eigenvalue weighted by Gasteiger charge is -2.63. The first-order valence-electron chi connectivity index (χ1n) is 52.6. The Morgan fingerprint density at radius 2 is 1.19 bits per heavy atom. The van der Waals surface area contributed by atoms with E-state index in [9.17, 15) is 48.3 Å². The molecule has 822 valence electrons. The molecule has 2 aromatic rings. The summed E-state index contributed by atoms with van der Waals surface area (Å²) in [7, 11) is 8.10. The van der Waals surface area contributed by atoms with Crippen LogP contribution < -0.4 is 69.4 Å². The van der Waals surface area contributed by atoms with Crippen LogP contribution in [-0.4, -0.2) is 371 Å². The number of rotatable bonds is 68. The highest BCUT2D eigenvalue weighted by Crippen LogP contribution is 2.72. The molecule has 0 radical (unpaired) electrons. The third-order valence-electron chi connectivity index (χ3n) is 28.5. The summed E-state index contributed by atoms with van der Waals surface area (Å²) in [4.78, 5) is 139. The number of benzene rings is 2. The van der Waals surface area contributed by atoms with Crippen LogP contribution >= 0.6 is 0 Å². The summed E-state index contributed by atoms with van der Waals surface area (Å²) >= 11 is 0. The normalized spacial score (nSPS) is 24.0. The molecule has 4 aliphatic heterocycles. The summed E-state index contributed by atoms with van der Waals surface area (Å²) in [6, 6.07) is 11.9. The number of fused-ring (bicyclic) bond motifs is 11. The number of allylic oxidation sites excluding steroid dienone is 5. The van der Waals surface area contributed by atoms with Crippen LogP contribution in [0.2, 0.25) is 0 Å². The summed E-state index contributed by atoms with van der Waals surface area (Å²) in [5.74, 6) is -7.21. The molecule has 1 saturated heterocycles. The first kappa shape index (κ1) is 118. The van der Waals surface area contributed by atoms with E-state index in [1.165, 1.54) is 26.0 Å². The van der Waals surface area contributed by atoms with Crippen molar-refractivity contribution in [3.8, 4) is 0 Å². The van der Waals surface area contributed by atoms with Crippen molar-refractivity contribution in [2.75, 3.05) is 237 Å². The van der Waals surface area contributed by atoms with Gasteiger partial charge in [0.25, 0.3) is 0 Å². The Balaban J connectivity index is 0.595. The number of Topliss-reactive ketones (excluding diaryl/α,β-unsaturated/α-hetero) is 1. The van der Waals surface area contributed by atoms with Crippen molar-refractivity contribution < 1.29 is 133 Å². The second kappa shape index (κ2) is 59.6. The van der Waals surface area contributed by atoms with Gasteiger partial charge in [-0.2, -0.15) is 0 Å². The van der Waals surface area contributed by atoms with Crippen LogP contribution in [0.4, 0.5) is 14.5 Å². The topological polar surface area (TPSA) is 474 Å². The summed E-state index contributed by atoms with van der Waals surface area (Å²) in [6.45, 7) is 20.5. The van der Waals surface area contributed by atoms with Crippen LogP contribution in [0.15, 0.2) is 83.7 Å². The number of likely N-dealkylation sites (N-methyl/N-ethyl adjacent to an activating group) is 2. The number of amides is 8. The number of aliphatic hydroxyl groups excluding tert-OH is 1. The zero-order valence-electron chi connectivity index (χ0n) is 87.6. The average Bonchev–Trinajstić information content (AvgIpc) is 1.48. The first-order chi connectivity index (χ1) is 70.9. The number of aliphatic hydroxyl groups is 1. The molecular weight excluding hydrogens is 1910 g/mol. The summed E-state index contributed by atoms with van der Waals surface area (Å²) in [5.41, 5.74) is 12.9. The number of halogens is 2. The minimum absolute atomic E-state index is 0.0270. The summed E-state index contributed by atoms with van der Waals surface area (Å²) in [6.07, 6.45) is 3.59. The van der Waals surface area contributed by atoms with E-state index in [4.69, 9.17) is 66.3 Å². The van der Waals surface area contributed by atoms with Gasteiger partial charge in [0.05, 0.1) is 246 Å². The standard InChI is InChI=1S/C104H162F2N16O25/c1-11-21-93-146-87-66-77-78-65-80(105)79-64-74(123)31-34-101(79,5)103(78,106)85(124)67-102(77,6)104(87,147-93)86(125)68-111-98(131)72(4)112-100(133)94(71(2)3)114-99(132)81(25-19-20-35-108-91(129)70-145-84-28-14-12-13-27-83-96(84)116-117-120(83)39-46-138-52-58-144-63-61-140-54-48-134-42-32-89(127)109-36-41-122(8,9)10)113-90(128)33-43-135-49-55-141-60-62-143-57-51-137-45-38-110-88(126)29-30-92(130)119-69-73-22-15-16-23-75(73)97-95(76-24-17-18-26-82(76)119)115-118-121(97)40-47-139-53-59-142-56-50-136-44-37-107-7/h15-18,22-24,26,31,34,64,71-72,77-78,80-81,84-85,87,93-94,107,115-118,124H,11-14,19-21,25,27-30,32-33,35-63,65-70H2,1-10H3,(H6-,108,109,110,111,112,113,114,126,127,128,129,131,132,133)/p+1/t72-,77-,78-,80-,81+,84?,85-,87+,93?,94-,101-,102-,103-,104+/m0/s1. The molecule has 14 atom stereocenters. The maximum atomic E-state index is 18.2. The Labute approximate surface area is 862 Å². The molecule has 0 aromatic heterocycles. The second-order valence-corrected chi connectivity index (χ2v) is 40.3. The molecule has 0 bridgehead atoms. The number of hydrazine groups is 4. The van der Waals surface area contributed by atoms with Gasteiger partial charge in [-0.15, -0.1) is 11.1 Å². The molecule has 11 rings (SSSR count). The Morgan fingerprint density at radius 1 is 0.605 bits per heavy atom. The highest BCUT2D eigenvalue weighted by atomic mass is 19.1. The van der Waals surface area contributed by atoms with Crippen molar-refractivity contribution >= 4 is 75.9 Å². The zero-order chi connectivity index (χ0) is 105. The fourth-order valence-electron chi connectivity index (χ4n) is 20.7. The number of hydrogen-bond donors (Lipinski definition) is 13. The molecule has 0 spiro atoms. The van der Waals surface area contributed by atoms with E-state index in [0.717, 1.165) is 88.8 Å². The van der Waals surface area contributed by atoms with Gasteiger partial charge in [-0.3, -0.25) is 58.0 Å². The van der Waals surface area contributed by atoms with E-state index >= 15 is 13.6 Å². The van der Waals surface area contributed by atoms with Gasteiger partial charge in [0.1, 0.15) is 37.0 Å². The third kappa shape index (κ3) is 33.2. The number of quaternary nitrogens is 1. The summed E-state index contributed by atoms with van der Waals surface area (Å²) in [5, 5.41) is 38.8. The SMILES string of the molecule is CCCC1O[C@@H]2C[C@H]3[C@@H]4C[C@H](F)C5=CC(=O)C=C[C@]5(C)[C@@]4(F)[C@@H](O)C[C@]3(C)[C@]2(C(=O)CNC(=O)[C@H](C)NC(=O)[C@@H](NC(=O)[C@@H](CCCCNC(=O)COC2CCCCCC3=C2NNN3CCOCCOCCOCCOCCC(=O)NCC[N+](C)(C)C)NC(=O)CCOCCOCCOCCOCCNC(=O)CCC(=O)N2Cc3ccccc3C3=C(NNN3CCOCCOCCOCCNC)c3ccccc32)C(C)C)O1. The van der Waals surface area contributed by atoms with Crippen molar-refractivity contribution in [3.63, 3.8) is 0 Å². The lowest BCUT2D eigenvalue weighted by Crippen LogP contribution is -2.71. The molecule has 8 amide bonds. The van der Waals surface area contributed by atoms with Crippen LogP contribution in [0.1, 0.15) is 167 Å². The summed E-state index contributed by atoms with van der Waals surface area (Å²) < 4.78 is 118. The van der Waals surface area contributed by atoms with Crippen molar-refractivity contribution in [2.24, 2.45) is 28.6 Å². The molecule has 2 aromatic carbocycles. The number of anilines is 1. The number of nitrogens with one attached hydrogen (secondary N) is 12. The minimum Gasteiger partial charge on any atom is -0.390 e. The number of carbonyl (C=O) groups is 10. The number of ether oxygens (including phenoxy) is 14. The van der Waals surface area contributed by atoms with Crippen LogP contribution in [0.3, 0.4) is 0 Å². The molecular formula is C104H163F2N16O25+. The van der Waals surface area contributed by atoms with Crippen molar-refractivity contribution in [1.82, 2.24) is 74.5 Å². The van der Waals surface area contributed by atoms with E-state index in [1.54, 1.807) is 25.7 Å². The molecule has 147 heavy (non-hydrogen) atoms. The number of hydrogen-bond acceptors (Lipinski definition) is 32. The van der Waals surface area contributed by atoms with Crippen molar-refractivity contribution in [3.05, 3.63) is 100 Å². The maximum absolute atomic E-state index is 18.2. The molecule has 5 aliphatic carbocycles. The van der Waals surface area contributed by atoms with Crippen molar-refractivity contribution in [2.45, 2.75) is 217 Å². The number of ketones is 2. The molecule has 2 unspecified atom stereocenters. The van der Waals surface area contributed by atoms with Crippen LogP contribution in [0, 0.1) is 28.6 Å². The van der Waals surface area contributed by atoms with Crippen LogP contribution in [0.25, 0.3) is 11.4 Å². The highest BCUT2D eigenvalue weighted by molar-refractivity contribution is 6.04. The van der Waals surface area contributed by atoms with Gasteiger partial charge in [0.15, 0.2) is 29.1 Å². The molecule has 4 fully saturated rings. The van der Waals surface area contributed by atoms with E-state index in [1.807, 2.05) is 72.5 Å². The minimum atomic E-state index is -2.44. The molecule has 4 heterocycles.